The first-order valence-corrected chi connectivity index (χ1v) is 8.19. The van der Waals surface area contributed by atoms with Gasteiger partial charge in [-0.05, 0) is 36.4 Å². The van der Waals surface area contributed by atoms with Gasteiger partial charge in [0.2, 0.25) is 5.91 Å². The number of aliphatic hydroxyl groups is 1. The third kappa shape index (κ3) is 4.29. The van der Waals surface area contributed by atoms with Gasteiger partial charge in [-0.1, -0.05) is 23.7 Å². The maximum absolute atomic E-state index is 11.3. The maximum atomic E-state index is 11.3. The third-order valence-electron chi connectivity index (χ3n) is 3.72. The second-order valence-electron chi connectivity index (χ2n) is 5.69. The Labute approximate surface area is 149 Å². The fourth-order valence-electron chi connectivity index (χ4n) is 2.61. The van der Waals surface area contributed by atoms with Gasteiger partial charge in [0.05, 0.1) is 24.0 Å². The average molecular weight is 360 g/mol. The maximum Gasteiger partial charge on any atom is 0.225 e. The van der Waals surface area contributed by atoms with Crippen LogP contribution in [0, 0.1) is 0 Å². The number of ether oxygens (including phenoxy) is 1. The molecule has 3 N–H and O–H groups in total. The second kappa shape index (κ2) is 7.55. The lowest BCUT2D eigenvalue weighted by Gasteiger charge is -2.15. The van der Waals surface area contributed by atoms with E-state index in [4.69, 9.17) is 22.1 Å². The van der Waals surface area contributed by atoms with Gasteiger partial charge in [0, 0.05) is 5.02 Å². The van der Waals surface area contributed by atoms with Gasteiger partial charge in [-0.3, -0.25) is 4.79 Å². The molecule has 1 amide bonds. The van der Waals surface area contributed by atoms with E-state index < -0.39 is 12.0 Å². The van der Waals surface area contributed by atoms with Crippen molar-refractivity contribution in [2.45, 2.75) is 19.1 Å². The number of primary amides is 1. The Hall–Kier alpha value is -2.57. The quantitative estimate of drug-likeness (QED) is 0.676. The zero-order chi connectivity index (χ0) is 17.8. The number of hydrogen-bond donors (Lipinski definition) is 2. The van der Waals surface area contributed by atoms with Crippen molar-refractivity contribution in [3.8, 4) is 5.75 Å². The predicted molar refractivity (Wildman–Crippen MR) is 95.6 cm³/mol. The Morgan fingerprint density at radius 1 is 1.24 bits per heavy atom. The van der Waals surface area contributed by atoms with Crippen molar-refractivity contribution in [2.75, 3.05) is 6.61 Å². The number of para-hydroxylation sites is 2. The summed E-state index contributed by atoms with van der Waals surface area (Å²) >= 11 is 5.83. The van der Waals surface area contributed by atoms with Crippen molar-refractivity contribution in [3.63, 3.8) is 0 Å². The molecule has 0 saturated carbocycles. The summed E-state index contributed by atoms with van der Waals surface area (Å²) < 4.78 is 7.37. The van der Waals surface area contributed by atoms with Crippen LogP contribution in [0.1, 0.15) is 5.82 Å². The predicted octanol–water partition coefficient (Wildman–Crippen LogP) is 2.16. The molecule has 25 heavy (non-hydrogen) atoms. The zero-order valence-electron chi connectivity index (χ0n) is 13.4. The molecule has 130 valence electrons. The summed E-state index contributed by atoms with van der Waals surface area (Å²) in [6, 6.07) is 14.4. The van der Waals surface area contributed by atoms with Crippen molar-refractivity contribution in [1.29, 1.82) is 0 Å². The number of nitrogens with two attached hydrogens (primary N) is 1. The molecule has 1 atom stereocenters. The summed E-state index contributed by atoms with van der Waals surface area (Å²) in [7, 11) is 0. The van der Waals surface area contributed by atoms with Gasteiger partial charge in [0.1, 0.15) is 24.3 Å². The SMILES string of the molecule is NC(=O)Cc1nc2ccccc2n1C[C@@H](O)COc1ccc(Cl)cc1. The fourth-order valence-corrected chi connectivity index (χ4v) is 2.73. The zero-order valence-corrected chi connectivity index (χ0v) is 14.2. The topological polar surface area (TPSA) is 90.4 Å². The molecule has 0 saturated heterocycles. The van der Waals surface area contributed by atoms with Crippen LogP contribution in [0.3, 0.4) is 0 Å². The van der Waals surface area contributed by atoms with Crippen LogP contribution >= 0.6 is 11.6 Å². The number of benzene rings is 2. The average Bonchev–Trinajstić information content (AvgIpc) is 2.91. The van der Waals surface area contributed by atoms with Crippen molar-refractivity contribution in [1.82, 2.24) is 9.55 Å². The summed E-state index contributed by atoms with van der Waals surface area (Å²) in [6.07, 6.45) is -0.765. The molecule has 0 aliphatic heterocycles. The van der Waals surface area contributed by atoms with Crippen LogP contribution in [0.2, 0.25) is 5.02 Å². The van der Waals surface area contributed by atoms with Gasteiger partial charge in [-0.25, -0.2) is 4.98 Å². The minimum absolute atomic E-state index is 0.0133. The molecular weight excluding hydrogens is 342 g/mol. The number of fused-ring (bicyclic) bond motifs is 1. The molecule has 0 bridgehead atoms. The minimum atomic E-state index is -0.778. The van der Waals surface area contributed by atoms with Gasteiger partial charge in [-0.2, -0.15) is 0 Å². The number of imidazole rings is 1. The molecule has 7 heteroatoms. The van der Waals surface area contributed by atoms with Crippen LogP contribution in [-0.4, -0.2) is 33.3 Å². The molecule has 1 aromatic heterocycles. The fraction of sp³-hybridized carbons (Fsp3) is 0.222. The molecule has 0 radical (unpaired) electrons. The van der Waals surface area contributed by atoms with Crippen molar-refractivity contribution >= 4 is 28.5 Å². The van der Waals surface area contributed by atoms with Gasteiger partial charge in [0.15, 0.2) is 0 Å². The summed E-state index contributed by atoms with van der Waals surface area (Å²) in [4.78, 5) is 15.7. The van der Waals surface area contributed by atoms with E-state index in [-0.39, 0.29) is 19.6 Å². The van der Waals surface area contributed by atoms with Crippen molar-refractivity contribution < 1.29 is 14.6 Å². The van der Waals surface area contributed by atoms with Crippen molar-refractivity contribution in [3.05, 3.63) is 59.4 Å². The molecule has 3 aromatic rings. The first-order chi connectivity index (χ1) is 12.0. The van der Waals surface area contributed by atoms with Crippen LogP contribution in [-0.2, 0) is 17.8 Å². The van der Waals surface area contributed by atoms with Gasteiger partial charge < -0.3 is 20.1 Å². The van der Waals surface area contributed by atoms with E-state index in [1.165, 1.54) is 0 Å². The van der Waals surface area contributed by atoms with Crippen LogP contribution in [0.5, 0.6) is 5.75 Å². The van der Waals surface area contributed by atoms with Gasteiger partial charge >= 0.3 is 0 Å². The number of amides is 1. The van der Waals surface area contributed by atoms with Crippen LogP contribution in [0.25, 0.3) is 11.0 Å². The van der Waals surface area contributed by atoms with E-state index in [9.17, 15) is 9.90 Å². The highest BCUT2D eigenvalue weighted by Gasteiger charge is 2.16. The van der Waals surface area contributed by atoms with Crippen LogP contribution in [0.15, 0.2) is 48.5 Å². The molecule has 0 spiro atoms. The Balaban J connectivity index is 1.74. The molecule has 0 aliphatic rings. The highest BCUT2D eigenvalue weighted by atomic mass is 35.5. The van der Waals surface area contributed by atoms with E-state index in [1.54, 1.807) is 28.8 Å². The third-order valence-corrected chi connectivity index (χ3v) is 3.97. The van der Waals surface area contributed by atoms with Crippen LogP contribution < -0.4 is 10.5 Å². The highest BCUT2D eigenvalue weighted by Crippen LogP contribution is 2.18. The standard InChI is InChI=1S/C18H18ClN3O3/c19-12-5-7-14(8-6-12)25-11-13(23)10-22-16-4-2-1-3-15(16)21-18(22)9-17(20)24/h1-8,13,23H,9-11H2,(H2,20,24)/t13-/m1/s1. The molecule has 0 unspecified atom stereocenters. The van der Waals surface area contributed by atoms with Gasteiger partial charge in [0.25, 0.3) is 0 Å². The first-order valence-electron chi connectivity index (χ1n) is 7.82. The van der Waals surface area contributed by atoms with E-state index in [2.05, 4.69) is 4.98 Å². The largest absolute Gasteiger partial charge is 0.491 e. The monoisotopic (exact) mass is 359 g/mol. The lowest BCUT2D eigenvalue weighted by molar-refractivity contribution is -0.117. The molecule has 1 heterocycles. The van der Waals surface area contributed by atoms with Gasteiger partial charge in [-0.15, -0.1) is 0 Å². The van der Waals surface area contributed by atoms with Crippen LogP contribution in [0.4, 0.5) is 0 Å². The normalized spacial score (nSPS) is 12.2. The number of hydrogen-bond acceptors (Lipinski definition) is 4. The summed E-state index contributed by atoms with van der Waals surface area (Å²) in [5.41, 5.74) is 6.89. The number of rotatable bonds is 7. The van der Waals surface area contributed by atoms with E-state index in [0.717, 1.165) is 11.0 Å². The van der Waals surface area contributed by atoms with E-state index in [1.807, 2.05) is 24.3 Å². The number of aliphatic hydroxyl groups excluding tert-OH is 1. The smallest absolute Gasteiger partial charge is 0.225 e. The number of nitrogens with zero attached hydrogens (tertiary/aromatic N) is 2. The second-order valence-corrected chi connectivity index (χ2v) is 6.13. The number of carbonyl (C=O) groups is 1. The highest BCUT2D eigenvalue weighted by molar-refractivity contribution is 6.30. The summed E-state index contributed by atoms with van der Waals surface area (Å²) in [5.74, 6) is 0.680. The number of halogens is 1. The molecule has 6 nitrogen and oxygen atoms in total. The number of carbonyl (C=O) groups excluding carboxylic acids is 1. The number of aromatic nitrogens is 2. The van der Waals surface area contributed by atoms with E-state index in [0.29, 0.717) is 16.6 Å². The Bertz CT molecular complexity index is 877. The van der Waals surface area contributed by atoms with Crippen molar-refractivity contribution in [2.24, 2.45) is 5.73 Å². The summed E-state index contributed by atoms with van der Waals surface area (Å²) in [5, 5.41) is 11.0. The Kier molecular flexibility index (Phi) is 5.21. The lowest BCUT2D eigenvalue weighted by Crippen LogP contribution is -2.26. The summed E-state index contributed by atoms with van der Waals surface area (Å²) in [6.45, 7) is 0.348. The minimum Gasteiger partial charge on any atom is -0.491 e. The Morgan fingerprint density at radius 3 is 2.68 bits per heavy atom. The molecule has 3 rings (SSSR count). The molecule has 0 aliphatic carbocycles. The first kappa shape index (κ1) is 17.3. The Morgan fingerprint density at radius 2 is 1.96 bits per heavy atom. The molecular formula is C18H18ClN3O3. The van der Waals surface area contributed by atoms with E-state index >= 15 is 0 Å². The lowest BCUT2D eigenvalue weighted by atomic mass is 10.3. The molecule has 2 aromatic carbocycles. The molecule has 0 fully saturated rings.